The first-order valence-corrected chi connectivity index (χ1v) is 6.50. The summed E-state index contributed by atoms with van der Waals surface area (Å²) >= 11 is 0.663. The molecule has 0 spiro atoms. The Labute approximate surface area is 100 Å². The Balaban J connectivity index is 2.81. The number of carbonyl (C=O) groups is 2. The van der Waals surface area contributed by atoms with Gasteiger partial charge in [0.15, 0.2) is 0 Å². The summed E-state index contributed by atoms with van der Waals surface area (Å²) in [5, 5.41) is 9.16. The van der Waals surface area contributed by atoms with Crippen molar-refractivity contribution < 1.29 is 18.0 Å². The molecule has 4 N–H and O–H groups in total. The number of rotatable bonds is 5. The minimum Gasteiger partial charge on any atom is -0.369 e. The molecule has 1 heterocycles. The van der Waals surface area contributed by atoms with Gasteiger partial charge in [-0.2, -0.15) is 4.72 Å². The number of nitrogens with zero attached hydrogens (tertiary/aromatic N) is 2. The van der Waals surface area contributed by atoms with E-state index >= 15 is 0 Å². The molecular formula is C6H9N5O4S2. The normalized spacial score (nSPS) is 11.1. The topological polar surface area (TPSA) is 144 Å². The minimum atomic E-state index is -3.93. The molecule has 0 aliphatic carbocycles. The third kappa shape index (κ3) is 4.05. The molecule has 0 aliphatic rings. The maximum atomic E-state index is 11.5. The summed E-state index contributed by atoms with van der Waals surface area (Å²) < 4.78 is 24.6. The lowest BCUT2D eigenvalue weighted by Crippen LogP contribution is -2.33. The number of aromatic nitrogens is 2. The predicted molar refractivity (Wildman–Crippen MR) is 58.6 cm³/mol. The van der Waals surface area contributed by atoms with Gasteiger partial charge in [0.25, 0.3) is 10.0 Å². The number of sulfonamides is 1. The molecule has 11 heteroatoms. The van der Waals surface area contributed by atoms with Crippen molar-refractivity contribution >= 4 is 38.3 Å². The molecule has 0 saturated heterocycles. The lowest BCUT2D eigenvalue weighted by molar-refractivity contribution is -0.117. The Bertz CT molecular complexity index is 536. The zero-order chi connectivity index (χ0) is 13.1. The van der Waals surface area contributed by atoms with E-state index in [1.807, 2.05) is 4.72 Å². The van der Waals surface area contributed by atoms with E-state index in [0.29, 0.717) is 11.3 Å². The predicted octanol–water partition coefficient (Wildman–Crippen LogP) is -1.74. The standard InChI is InChI=1S/C6H9N5O4S2/c1-3(12)9-5-10-11-6(16-5)17(14,15)8-2-4(7)13/h8H,2H2,1H3,(H2,7,13)(H,9,10,12). The molecule has 0 aromatic carbocycles. The van der Waals surface area contributed by atoms with Crippen molar-refractivity contribution in [3.8, 4) is 0 Å². The first kappa shape index (κ1) is 13.5. The molecule has 1 aromatic heterocycles. The van der Waals surface area contributed by atoms with Crippen molar-refractivity contribution in [2.45, 2.75) is 11.3 Å². The number of nitrogens with one attached hydrogen (secondary N) is 2. The number of amides is 2. The van der Waals surface area contributed by atoms with Gasteiger partial charge in [-0.25, -0.2) is 8.42 Å². The first-order valence-electron chi connectivity index (χ1n) is 4.20. The third-order valence-electron chi connectivity index (χ3n) is 1.36. The zero-order valence-electron chi connectivity index (χ0n) is 8.63. The van der Waals surface area contributed by atoms with Crippen LogP contribution in [0, 0.1) is 0 Å². The highest BCUT2D eigenvalue weighted by atomic mass is 32.2. The Hall–Kier alpha value is -1.59. The minimum absolute atomic E-state index is 0.0527. The van der Waals surface area contributed by atoms with Gasteiger partial charge in [0, 0.05) is 6.92 Å². The van der Waals surface area contributed by atoms with E-state index in [0.717, 1.165) is 0 Å². The van der Waals surface area contributed by atoms with Crippen molar-refractivity contribution in [3.63, 3.8) is 0 Å². The summed E-state index contributed by atoms with van der Waals surface area (Å²) in [4.78, 5) is 21.1. The number of primary amides is 1. The van der Waals surface area contributed by atoms with E-state index in [4.69, 9.17) is 5.73 Å². The third-order valence-corrected chi connectivity index (χ3v) is 3.96. The van der Waals surface area contributed by atoms with Crippen molar-refractivity contribution in [1.82, 2.24) is 14.9 Å². The van der Waals surface area contributed by atoms with E-state index in [9.17, 15) is 18.0 Å². The summed E-state index contributed by atoms with van der Waals surface area (Å²) in [5.74, 6) is -1.21. The highest BCUT2D eigenvalue weighted by molar-refractivity contribution is 7.91. The van der Waals surface area contributed by atoms with Crippen LogP contribution in [-0.4, -0.2) is 37.0 Å². The lowest BCUT2D eigenvalue weighted by Gasteiger charge is -1.99. The molecule has 9 nitrogen and oxygen atoms in total. The highest BCUT2D eigenvalue weighted by Crippen LogP contribution is 2.19. The van der Waals surface area contributed by atoms with E-state index < -0.39 is 28.4 Å². The van der Waals surface area contributed by atoms with Crippen LogP contribution in [-0.2, 0) is 19.6 Å². The maximum absolute atomic E-state index is 11.5. The Morgan fingerprint density at radius 3 is 2.59 bits per heavy atom. The Morgan fingerprint density at radius 1 is 1.41 bits per heavy atom. The SMILES string of the molecule is CC(=O)Nc1nnc(S(=O)(=O)NCC(N)=O)s1. The largest absolute Gasteiger partial charge is 0.369 e. The molecule has 0 fully saturated rings. The Morgan fingerprint density at radius 2 is 2.06 bits per heavy atom. The molecule has 0 saturated carbocycles. The summed E-state index contributed by atoms with van der Waals surface area (Å²) in [6.45, 7) is 0.721. The highest BCUT2D eigenvalue weighted by Gasteiger charge is 2.20. The molecule has 2 amide bonds. The Kier molecular flexibility index (Phi) is 4.09. The van der Waals surface area contributed by atoms with Crippen molar-refractivity contribution in [3.05, 3.63) is 0 Å². The van der Waals surface area contributed by atoms with Gasteiger partial charge in [0.2, 0.25) is 21.3 Å². The second-order valence-corrected chi connectivity index (χ2v) is 5.76. The first-order chi connectivity index (χ1) is 7.81. The number of hydrogen-bond acceptors (Lipinski definition) is 7. The van der Waals surface area contributed by atoms with Crippen LogP contribution in [0.15, 0.2) is 4.34 Å². The smallest absolute Gasteiger partial charge is 0.270 e. The summed E-state index contributed by atoms with van der Waals surface area (Å²) in [6.07, 6.45) is 0. The van der Waals surface area contributed by atoms with Gasteiger partial charge in [0.05, 0.1) is 6.54 Å². The fraction of sp³-hybridized carbons (Fsp3) is 0.333. The molecule has 0 bridgehead atoms. The molecule has 0 aliphatic heterocycles. The number of hydrogen-bond donors (Lipinski definition) is 3. The van der Waals surface area contributed by atoms with Gasteiger partial charge in [-0.05, 0) is 0 Å². The molecule has 1 rings (SSSR count). The van der Waals surface area contributed by atoms with Gasteiger partial charge in [-0.1, -0.05) is 11.3 Å². The zero-order valence-corrected chi connectivity index (χ0v) is 10.3. The van der Waals surface area contributed by atoms with Crippen LogP contribution in [0.4, 0.5) is 5.13 Å². The van der Waals surface area contributed by atoms with Gasteiger partial charge in [-0.15, -0.1) is 10.2 Å². The van der Waals surface area contributed by atoms with E-state index in [2.05, 4.69) is 15.5 Å². The second-order valence-electron chi connectivity index (χ2n) is 2.85. The number of nitrogens with two attached hydrogens (primary N) is 1. The van der Waals surface area contributed by atoms with Crippen LogP contribution in [0.5, 0.6) is 0 Å². The molecular weight excluding hydrogens is 270 g/mol. The molecule has 94 valence electrons. The van der Waals surface area contributed by atoms with Crippen LogP contribution < -0.4 is 15.8 Å². The van der Waals surface area contributed by atoms with Crippen LogP contribution in [0.25, 0.3) is 0 Å². The van der Waals surface area contributed by atoms with E-state index in [1.54, 1.807) is 0 Å². The van der Waals surface area contributed by atoms with Crippen LogP contribution in [0.1, 0.15) is 6.92 Å². The van der Waals surface area contributed by atoms with Crippen LogP contribution in [0.3, 0.4) is 0 Å². The van der Waals surface area contributed by atoms with Gasteiger partial charge < -0.3 is 11.1 Å². The molecule has 1 aromatic rings. The molecule has 0 atom stereocenters. The van der Waals surface area contributed by atoms with Crippen LogP contribution in [0.2, 0.25) is 0 Å². The lowest BCUT2D eigenvalue weighted by atomic mass is 10.7. The average molecular weight is 279 g/mol. The quantitative estimate of drug-likeness (QED) is 0.546. The molecule has 0 unspecified atom stereocenters. The fourth-order valence-corrected chi connectivity index (χ4v) is 2.73. The summed E-state index contributed by atoms with van der Waals surface area (Å²) in [7, 11) is -3.93. The van der Waals surface area contributed by atoms with E-state index in [-0.39, 0.29) is 9.47 Å². The number of anilines is 1. The molecule has 0 radical (unpaired) electrons. The molecule has 17 heavy (non-hydrogen) atoms. The van der Waals surface area contributed by atoms with Gasteiger partial charge in [-0.3, -0.25) is 9.59 Å². The summed E-state index contributed by atoms with van der Waals surface area (Å²) in [6, 6.07) is 0. The second kappa shape index (κ2) is 5.16. The monoisotopic (exact) mass is 279 g/mol. The van der Waals surface area contributed by atoms with Gasteiger partial charge >= 0.3 is 0 Å². The fourth-order valence-electron chi connectivity index (χ4n) is 0.747. The average Bonchev–Trinajstić information content (AvgIpc) is 2.63. The van der Waals surface area contributed by atoms with Crippen molar-refractivity contribution in [2.75, 3.05) is 11.9 Å². The number of carbonyl (C=O) groups excluding carboxylic acids is 2. The van der Waals surface area contributed by atoms with E-state index in [1.165, 1.54) is 6.92 Å². The maximum Gasteiger partial charge on any atom is 0.270 e. The van der Waals surface area contributed by atoms with Gasteiger partial charge in [0.1, 0.15) is 0 Å². The summed E-state index contributed by atoms with van der Waals surface area (Å²) in [5.41, 5.74) is 4.79. The van der Waals surface area contributed by atoms with Crippen molar-refractivity contribution in [1.29, 1.82) is 0 Å². The van der Waals surface area contributed by atoms with Crippen molar-refractivity contribution in [2.24, 2.45) is 5.73 Å². The van der Waals surface area contributed by atoms with Crippen LogP contribution >= 0.6 is 11.3 Å².